The lowest BCUT2D eigenvalue weighted by Crippen LogP contribution is -2.14. The second kappa shape index (κ2) is 6.33. The average Bonchev–Trinajstić information content (AvgIpc) is 2.95. The van der Waals surface area contributed by atoms with E-state index in [0.29, 0.717) is 28.1 Å². The first-order chi connectivity index (χ1) is 11.6. The number of anilines is 1. The van der Waals surface area contributed by atoms with E-state index in [9.17, 15) is 9.59 Å². The topological polar surface area (TPSA) is 103 Å². The number of nitrogens with zero attached hydrogens (tertiary/aromatic N) is 3. The number of benzene rings is 1. The highest BCUT2D eigenvalue weighted by atomic mass is 16.2. The predicted octanol–water partition coefficient (Wildman–Crippen LogP) is 1.83. The van der Waals surface area contributed by atoms with Gasteiger partial charge >= 0.3 is 0 Å². The van der Waals surface area contributed by atoms with Crippen LogP contribution in [0.25, 0.3) is 11.1 Å². The highest BCUT2D eigenvalue weighted by Gasteiger charge is 2.18. The van der Waals surface area contributed by atoms with Gasteiger partial charge in [0, 0.05) is 36.8 Å². The molecule has 0 atom stereocenters. The summed E-state index contributed by atoms with van der Waals surface area (Å²) in [6, 6.07) is 10.3. The fourth-order valence-corrected chi connectivity index (χ4v) is 2.39. The Morgan fingerprint density at radius 3 is 2.62 bits per heavy atom. The molecule has 1 aromatic carbocycles. The number of aryl methyl sites for hydroxylation is 1. The molecule has 0 unspecified atom stereocenters. The van der Waals surface area contributed by atoms with E-state index in [2.05, 4.69) is 15.4 Å². The van der Waals surface area contributed by atoms with Gasteiger partial charge in [0.1, 0.15) is 0 Å². The molecule has 2 heterocycles. The number of carbonyl (C=O) groups is 2. The molecule has 7 nitrogen and oxygen atoms in total. The molecule has 0 spiro atoms. The van der Waals surface area contributed by atoms with Gasteiger partial charge in [-0.05, 0) is 23.8 Å². The van der Waals surface area contributed by atoms with Crippen LogP contribution >= 0.6 is 0 Å². The van der Waals surface area contributed by atoms with Crippen LogP contribution in [-0.2, 0) is 7.05 Å². The molecular formula is C17H15N5O2. The van der Waals surface area contributed by atoms with Crippen LogP contribution in [0, 0.1) is 0 Å². The number of carbonyl (C=O) groups excluding carboxylic acids is 2. The number of primary amides is 1. The standard InChI is InChI=1S/C17H15N5O2/c1-22-10-14(12-6-2-3-7-13(12)15(18)23)16(21-22)20-17(24)11-5-4-8-19-9-11/h2-10H,1H3,(H2,18,23)(H,20,21,24). The van der Waals surface area contributed by atoms with E-state index in [-0.39, 0.29) is 5.91 Å². The third kappa shape index (κ3) is 3.00. The van der Waals surface area contributed by atoms with Crippen molar-refractivity contribution >= 4 is 17.6 Å². The average molecular weight is 321 g/mol. The van der Waals surface area contributed by atoms with Crippen molar-refractivity contribution in [2.75, 3.05) is 5.32 Å². The Labute approximate surface area is 138 Å². The molecule has 7 heteroatoms. The minimum Gasteiger partial charge on any atom is -0.366 e. The monoisotopic (exact) mass is 321 g/mol. The van der Waals surface area contributed by atoms with Crippen LogP contribution in [-0.4, -0.2) is 26.6 Å². The second-order valence-electron chi connectivity index (χ2n) is 5.17. The second-order valence-corrected chi connectivity index (χ2v) is 5.17. The smallest absolute Gasteiger partial charge is 0.258 e. The fourth-order valence-electron chi connectivity index (χ4n) is 2.39. The highest BCUT2D eigenvalue weighted by Crippen LogP contribution is 2.29. The van der Waals surface area contributed by atoms with E-state index in [1.54, 1.807) is 60.5 Å². The summed E-state index contributed by atoms with van der Waals surface area (Å²) in [7, 11) is 1.73. The van der Waals surface area contributed by atoms with E-state index in [1.165, 1.54) is 6.20 Å². The number of nitrogens with one attached hydrogen (secondary N) is 1. The number of hydrogen-bond donors (Lipinski definition) is 2. The Balaban J connectivity index is 2.01. The molecule has 0 aliphatic carbocycles. The Morgan fingerprint density at radius 2 is 1.92 bits per heavy atom. The maximum absolute atomic E-state index is 12.3. The molecule has 3 aromatic rings. The fraction of sp³-hybridized carbons (Fsp3) is 0.0588. The van der Waals surface area contributed by atoms with Gasteiger partial charge < -0.3 is 11.1 Å². The molecule has 0 fully saturated rings. The van der Waals surface area contributed by atoms with Gasteiger partial charge in [0.05, 0.1) is 5.56 Å². The zero-order valence-corrected chi connectivity index (χ0v) is 12.9. The van der Waals surface area contributed by atoms with Crippen LogP contribution < -0.4 is 11.1 Å². The molecule has 0 saturated heterocycles. The van der Waals surface area contributed by atoms with Crippen LogP contribution in [0.3, 0.4) is 0 Å². The summed E-state index contributed by atoms with van der Waals surface area (Å²) in [5, 5.41) is 7.01. The Morgan fingerprint density at radius 1 is 1.12 bits per heavy atom. The van der Waals surface area contributed by atoms with E-state index < -0.39 is 5.91 Å². The van der Waals surface area contributed by atoms with Crippen LogP contribution in [0.15, 0.2) is 55.0 Å². The Hall–Kier alpha value is -3.48. The Bertz CT molecular complexity index is 902. The van der Waals surface area contributed by atoms with Crippen molar-refractivity contribution in [1.82, 2.24) is 14.8 Å². The number of pyridine rings is 1. The van der Waals surface area contributed by atoms with E-state index >= 15 is 0 Å². The van der Waals surface area contributed by atoms with Gasteiger partial charge in [-0.3, -0.25) is 19.3 Å². The van der Waals surface area contributed by atoms with Crippen molar-refractivity contribution in [2.45, 2.75) is 0 Å². The molecule has 2 amide bonds. The van der Waals surface area contributed by atoms with Gasteiger partial charge in [0.2, 0.25) is 5.91 Å². The maximum atomic E-state index is 12.3. The summed E-state index contributed by atoms with van der Waals surface area (Å²) in [5.41, 5.74) is 7.44. The van der Waals surface area contributed by atoms with Crippen molar-refractivity contribution in [3.8, 4) is 11.1 Å². The largest absolute Gasteiger partial charge is 0.366 e. The maximum Gasteiger partial charge on any atom is 0.258 e. The van der Waals surface area contributed by atoms with Gasteiger partial charge in [-0.15, -0.1) is 0 Å². The lowest BCUT2D eigenvalue weighted by atomic mass is 10.0. The first kappa shape index (κ1) is 15.4. The van der Waals surface area contributed by atoms with Gasteiger partial charge in [0.25, 0.3) is 5.91 Å². The lowest BCUT2D eigenvalue weighted by molar-refractivity contribution is 0.0998. The zero-order chi connectivity index (χ0) is 17.1. The molecular weight excluding hydrogens is 306 g/mol. The summed E-state index contributed by atoms with van der Waals surface area (Å²) in [6.07, 6.45) is 4.78. The van der Waals surface area contributed by atoms with Gasteiger partial charge in [-0.1, -0.05) is 18.2 Å². The SMILES string of the molecule is Cn1cc(-c2ccccc2C(N)=O)c(NC(=O)c2cccnc2)n1. The summed E-state index contributed by atoms with van der Waals surface area (Å²) in [4.78, 5) is 27.9. The minimum atomic E-state index is -0.543. The molecule has 0 saturated carbocycles. The summed E-state index contributed by atoms with van der Waals surface area (Å²) in [5.74, 6) is -0.529. The molecule has 0 aliphatic rings. The third-order valence-electron chi connectivity index (χ3n) is 3.47. The summed E-state index contributed by atoms with van der Waals surface area (Å²) >= 11 is 0. The van der Waals surface area contributed by atoms with Gasteiger partial charge in [0.15, 0.2) is 5.82 Å². The van der Waals surface area contributed by atoms with Crippen LogP contribution in [0.1, 0.15) is 20.7 Å². The van der Waals surface area contributed by atoms with Crippen LogP contribution in [0.5, 0.6) is 0 Å². The van der Waals surface area contributed by atoms with Crippen molar-refractivity contribution in [3.63, 3.8) is 0 Å². The molecule has 3 N–H and O–H groups in total. The van der Waals surface area contributed by atoms with Gasteiger partial charge in [-0.25, -0.2) is 0 Å². The van der Waals surface area contributed by atoms with Crippen LogP contribution in [0.4, 0.5) is 5.82 Å². The first-order valence-corrected chi connectivity index (χ1v) is 7.20. The molecule has 24 heavy (non-hydrogen) atoms. The van der Waals surface area contributed by atoms with Crippen LogP contribution in [0.2, 0.25) is 0 Å². The number of nitrogens with two attached hydrogens (primary N) is 1. The first-order valence-electron chi connectivity index (χ1n) is 7.20. The minimum absolute atomic E-state index is 0.334. The number of hydrogen-bond acceptors (Lipinski definition) is 4. The van der Waals surface area contributed by atoms with Crippen molar-refractivity contribution in [1.29, 1.82) is 0 Å². The summed E-state index contributed by atoms with van der Waals surface area (Å²) in [6.45, 7) is 0. The number of rotatable bonds is 4. The quantitative estimate of drug-likeness (QED) is 0.765. The molecule has 120 valence electrons. The zero-order valence-electron chi connectivity index (χ0n) is 12.9. The molecule has 0 bridgehead atoms. The molecule has 3 rings (SSSR count). The number of amides is 2. The van der Waals surface area contributed by atoms with Crippen molar-refractivity contribution in [3.05, 3.63) is 66.1 Å². The number of aromatic nitrogens is 3. The van der Waals surface area contributed by atoms with Crippen molar-refractivity contribution in [2.24, 2.45) is 12.8 Å². The highest BCUT2D eigenvalue weighted by molar-refractivity contribution is 6.07. The van der Waals surface area contributed by atoms with E-state index in [4.69, 9.17) is 5.73 Å². The Kier molecular flexibility index (Phi) is 4.07. The van der Waals surface area contributed by atoms with E-state index in [0.717, 1.165) is 0 Å². The van der Waals surface area contributed by atoms with Gasteiger partial charge in [-0.2, -0.15) is 5.10 Å². The molecule has 0 aliphatic heterocycles. The normalized spacial score (nSPS) is 10.4. The summed E-state index contributed by atoms with van der Waals surface area (Å²) < 4.78 is 1.56. The predicted molar refractivity (Wildman–Crippen MR) is 89.4 cm³/mol. The lowest BCUT2D eigenvalue weighted by Gasteiger charge is -2.08. The van der Waals surface area contributed by atoms with Crippen molar-refractivity contribution < 1.29 is 9.59 Å². The molecule has 2 aromatic heterocycles. The van der Waals surface area contributed by atoms with E-state index in [1.807, 2.05) is 0 Å². The third-order valence-corrected chi connectivity index (χ3v) is 3.47. The molecule has 0 radical (unpaired) electrons.